The van der Waals surface area contributed by atoms with Crippen LogP contribution < -0.4 is 5.32 Å². The predicted molar refractivity (Wildman–Crippen MR) is 118 cm³/mol. The molecular formula is C21H19ClN8O3. The molecule has 1 unspecified atom stereocenters. The first kappa shape index (κ1) is 21.0. The van der Waals surface area contributed by atoms with Crippen LogP contribution in [-0.2, 0) is 17.4 Å². The highest BCUT2D eigenvalue weighted by Crippen LogP contribution is 2.34. The van der Waals surface area contributed by atoms with Crippen LogP contribution in [0.1, 0.15) is 12.2 Å². The highest BCUT2D eigenvalue weighted by Gasteiger charge is 2.48. The van der Waals surface area contributed by atoms with Gasteiger partial charge in [0.05, 0.1) is 17.1 Å². The summed E-state index contributed by atoms with van der Waals surface area (Å²) in [6.07, 6.45) is 1.85. The number of anilines is 2. The summed E-state index contributed by atoms with van der Waals surface area (Å²) in [6.45, 7) is 0.438. The number of carbonyl (C=O) groups is 1. The zero-order chi connectivity index (χ0) is 23.2. The van der Waals surface area contributed by atoms with E-state index in [9.17, 15) is 9.90 Å². The quantitative estimate of drug-likeness (QED) is 0.454. The Kier molecular flexibility index (Phi) is 5.06. The molecule has 0 bridgehead atoms. The lowest BCUT2D eigenvalue weighted by Crippen LogP contribution is -2.35. The van der Waals surface area contributed by atoms with Gasteiger partial charge in [-0.1, -0.05) is 22.8 Å². The van der Waals surface area contributed by atoms with Gasteiger partial charge in [-0.15, -0.1) is 0 Å². The van der Waals surface area contributed by atoms with Gasteiger partial charge in [0, 0.05) is 45.4 Å². The first-order valence-corrected chi connectivity index (χ1v) is 10.4. The maximum atomic E-state index is 12.3. The van der Waals surface area contributed by atoms with Crippen molar-refractivity contribution in [1.82, 2.24) is 34.8 Å². The molecule has 1 aliphatic heterocycles. The van der Waals surface area contributed by atoms with Gasteiger partial charge < -0.3 is 19.8 Å². The number of pyridine rings is 1. The van der Waals surface area contributed by atoms with E-state index in [1.165, 1.54) is 9.58 Å². The van der Waals surface area contributed by atoms with Crippen molar-refractivity contribution in [3.8, 4) is 22.8 Å². The standard InChI is InChI=1S/C21H19ClN8O3/c1-29-9-7-21(32,19(29)31)16-10-15(28-33-16)13-5-3-4-12(24-13)14-6-8-23-20(25-14)26-18-11-17(22)30(2)27-18/h3-6,8,10-11,32H,7,9H2,1-2H3,(H,23,25,26,27). The van der Waals surface area contributed by atoms with Gasteiger partial charge in [-0.2, -0.15) is 5.10 Å². The fourth-order valence-corrected chi connectivity index (χ4v) is 3.72. The number of likely N-dealkylation sites (N-methyl/N-ethyl adjacent to an activating group) is 1. The molecule has 5 heterocycles. The van der Waals surface area contributed by atoms with Crippen molar-refractivity contribution in [3.63, 3.8) is 0 Å². The number of rotatable bonds is 5. The third-order valence-electron chi connectivity index (χ3n) is 5.42. The number of aryl methyl sites for hydroxylation is 1. The number of amides is 1. The molecular weight excluding hydrogens is 448 g/mol. The van der Waals surface area contributed by atoms with E-state index in [-0.39, 0.29) is 12.2 Å². The molecule has 0 aliphatic carbocycles. The van der Waals surface area contributed by atoms with Crippen molar-refractivity contribution in [2.75, 3.05) is 18.9 Å². The van der Waals surface area contributed by atoms with Crippen molar-refractivity contribution in [2.45, 2.75) is 12.0 Å². The summed E-state index contributed by atoms with van der Waals surface area (Å²) in [7, 11) is 3.37. The summed E-state index contributed by atoms with van der Waals surface area (Å²) in [5.41, 5.74) is 0.357. The Morgan fingerprint density at radius 1 is 1.12 bits per heavy atom. The number of nitrogens with one attached hydrogen (secondary N) is 1. The topological polar surface area (TPSA) is 135 Å². The van der Waals surface area contributed by atoms with Crippen LogP contribution in [0.3, 0.4) is 0 Å². The van der Waals surface area contributed by atoms with Crippen LogP contribution in [0.15, 0.2) is 47.1 Å². The summed E-state index contributed by atoms with van der Waals surface area (Å²) < 4.78 is 6.85. The Morgan fingerprint density at radius 2 is 1.88 bits per heavy atom. The molecule has 0 radical (unpaired) electrons. The van der Waals surface area contributed by atoms with Crippen LogP contribution >= 0.6 is 11.6 Å². The summed E-state index contributed by atoms with van der Waals surface area (Å²) in [5, 5.41) is 22.5. The molecule has 1 saturated heterocycles. The highest BCUT2D eigenvalue weighted by molar-refractivity contribution is 6.29. The predicted octanol–water partition coefficient (Wildman–Crippen LogP) is 2.37. The molecule has 2 N–H and O–H groups in total. The molecule has 1 fully saturated rings. The molecule has 4 aromatic heterocycles. The third kappa shape index (κ3) is 3.81. The highest BCUT2D eigenvalue weighted by atomic mass is 35.5. The van der Waals surface area contributed by atoms with E-state index in [1.807, 2.05) is 6.07 Å². The zero-order valence-electron chi connectivity index (χ0n) is 17.7. The second-order valence-electron chi connectivity index (χ2n) is 7.69. The third-order valence-corrected chi connectivity index (χ3v) is 5.77. The van der Waals surface area contributed by atoms with Crippen LogP contribution in [-0.4, -0.2) is 59.4 Å². The Balaban J connectivity index is 1.41. The van der Waals surface area contributed by atoms with Crippen LogP contribution in [0.4, 0.5) is 11.8 Å². The first-order chi connectivity index (χ1) is 15.8. The normalized spacial score (nSPS) is 18.2. The number of halogens is 1. The van der Waals surface area contributed by atoms with Gasteiger partial charge in [0.2, 0.25) is 11.5 Å². The van der Waals surface area contributed by atoms with Crippen LogP contribution in [0.25, 0.3) is 22.8 Å². The van der Waals surface area contributed by atoms with Gasteiger partial charge >= 0.3 is 0 Å². The number of aromatic nitrogens is 6. The minimum atomic E-state index is -1.71. The number of nitrogens with zero attached hydrogens (tertiary/aromatic N) is 7. The molecule has 4 aromatic rings. The van der Waals surface area contributed by atoms with Gasteiger partial charge in [0.1, 0.15) is 10.8 Å². The second kappa shape index (κ2) is 7.94. The largest absolute Gasteiger partial charge is 0.373 e. The molecule has 1 amide bonds. The van der Waals surface area contributed by atoms with Crippen molar-refractivity contribution in [1.29, 1.82) is 0 Å². The Labute approximate surface area is 193 Å². The average molecular weight is 467 g/mol. The van der Waals surface area contributed by atoms with Gasteiger partial charge in [-0.05, 0) is 18.2 Å². The van der Waals surface area contributed by atoms with E-state index in [4.69, 9.17) is 16.1 Å². The summed E-state index contributed by atoms with van der Waals surface area (Å²) in [4.78, 5) is 27.1. The molecule has 33 heavy (non-hydrogen) atoms. The number of likely N-dealkylation sites (tertiary alicyclic amines) is 1. The monoisotopic (exact) mass is 466 g/mol. The summed E-state index contributed by atoms with van der Waals surface area (Å²) >= 11 is 6.02. The minimum Gasteiger partial charge on any atom is -0.373 e. The van der Waals surface area contributed by atoms with E-state index < -0.39 is 11.5 Å². The molecule has 0 saturated carbocycles. The second-order valence-corrected chi connectivity index (χ2v) is 8.08. The van der Waals surface area contributed by atoms with Gasteiger partial charge in [-0.25, -0.2) is 15.0 Å². The smallest absolute Gasteiger partial charge is 0.262 e. The SMILES string of the molecule is CN1CCC(O)(c2cc(-c3cccc(-c4ccnc(Nc5cc(Cl)n(C)n5)n4)n3)no2)C1=O. The van der Waals surface area contributed by atoms with Gasteiger partial charge in [0.15, 0.2) is 11.6 Å². The Hall–Kier alpha value is -3.83. The zero-order valence-corrected chi connectivity index (χ0v) is 18.5. The maximum Gasteiger partial charge on any atom is 0.262 e. The fraction of sp³-hybridized carbons (Fsp3) is 0.238. The summed E-state index contributed by atoms with van der Waals surface area (Å²) in [5.74, 6) is 0.537. The Bertz CT molecular complexity index is 1330. The molecule has 12 heteroatoms. The van der Waals surface area contributed by atoms with E-state index in [0.29, 0.717) is 46.2 Å². The fourth-order valence-electron chi connectivity index (χ4n) is 3.57. The van der Waals surface area contributed by atoms with E-state index >= 15 is 0 Å². The molecule has 11 nitrogen and oxygen atoms in total. The number of hydrogen-bond donors (Lipinski definition) is 2. The molecule has 0 spiro atoms. The molecule has 5 rings (SSSR count). The lowest BCUT2D eigenvalue weighted by Gasteiger charge is -2.16. The van der Waals surface area contributed by atoms with Crippen molar-refractivity contribution in [3.05, 3.63) is 53.5 Å². The lowest BCUT2D eigenvalue weighted by molar-refractivity contribution is -0.144. The van der Waals surface area contributed by atoms with E-state index in [1.54, 1.807) is 50.6 Å². The van der Waals surface area contributed by atoms with Crippen molar-refractivity contribution >= 4 is 29.3 Å². The van der Waals surface area contributed by atoms with Crippen molar-refractivity contribution in [2.24, 2.45) is 7.05 Å². The van der Waals surface area contributed by atoms with Crippen LogP contribution in [0.5, 0.6) is 0 Å². The number of carbonyl (C=O) groups excluding carboxylic acids is 1. The van der Waals surface area contributed by atoms with Gasteiger partial charge in [-0.3, -0.25) is 9.48 Å². The van der Waals surface area contributed by atoms with Crippen LogP contribution in [0, 0.1) is 0 Å². The van der Waals surface area contributed by atoms with E-state index in [0.717, 1.165) is 0 Å². The van der Waals surface area contributed by atoms with Crippen LogP contribution in [0.2, 0.25) is 5.15 Å². The van der Waals surface area contributed by atoms with Crippen molar-refractivity contribution < 1.29 is 14.4 Å². The molecule has 0 aromatic carbocycles. The molecule has 168 valence electrons. The molecule has 1 atom stereocenters. The Morgan fingerprint density at radius 3 is 2.58 bits per heavy atom. The minimum absolute atomic E-state index is 0.0987. The molecule has 1 aliphatic rings. The van der Waals surface area contributed by atoms with E-state index in [2.05, 4.69) is 30.5 Å². The number of aliphatic hydroxyl groups is 1. The summed E-state index contributed by atoms with van der Waals surface area (Å²) in [6, 6.07) is 10.3. The lowest BCUT2D eigenvalue weighted by atomic mass is 9.98. The maximum absolute atomic E-state index is 12.3. The first-order valence-electron chi connectivity index (χ1n) is 10.1. The van der Waals surface area contributed by atoms with Gasteiger partial charge in [0.25, 0.3) is 5.91 Å². The average Bonchev–Trinajstić information content (AvgIpc) is 3.50. The number of hydrogen-bond acceptors (Lipinski definition) is 9.